The van der Waals surface area contributed by atoms with E-state index in [9.17, 15) is 19.1 Å². The highest BCUT2D eigenvalue weighted by molar-refractivity contribution is 8.00. The fourth-order valence-electron chi connectivity index (χ4n) is 4.89. The summed E-state index contributed by atoms with van der Waals surface area (Å²) in [5.74, 6) is -1.37. The maximum atomic E-state index is 13.7. The number of ether oxygens (including phenoxy) is 1. The van der Waals surface area contributed by atoms with Gasteiger partial charge in [-0.2, -0.15) is 0 Å². The average Bonchev–Trinajstić information content (AvgIpc) is 3.69. The van der Waals surface area contributed by atoms with Gasteiger partial charge in [-0.1, -0.05) is 66.1 Å². The summed E-state index contributed by atoms with van der Waals surface area (Å²) in [5.41, 5.74) is 2.71. The number of pyridine rings is 1. The number of nitrogens with zero attached hydrogens (tertiary/aromatic N) is 5. The third-order valence-corrected chi connectivity index (χ3v) is 8.92. The summed E-state index contributed by atoms with van der Waals surface area (Å²) in [6.45, 7) is 5.67. The Kier molecular flexibility index (Phi) is 7.78. The molecule has 1 N–H and O–H groups in total. The number of thioether (sulfide) groups is 1. The van der Waals surface area contributed by atoms with Crippen molar-refractivity contribution in [2.75, 3.05) is 11.5 Å². The molecule has 4 heterocycles. The van der Waals surface area contributed by atoms with E-state index in [-0.39, 0.29) is 28.9 Å². The Balaban J connectivity index is 1.44. The predicted octanol–water partition coefficient (Wildman–Crippen LogP) is 6.12. The van der Waals surface area contributed by atoms with Crippen LogP contribution in [0.3, 0.4) is 0 Å². The number of Topliss-reactive ketones (excluding diaryl/α,β-unsaturated/α-hetero) is 1. The smallest absolute Gasteiger partial charge is 0.301 e. The highest BCUT2D eigenvalue weighted by atomic mass is 32.2. The molecule has 1 aliphatic rings. The second kappa shape index (κ2) is 11.8. The van der Waals surface area contributed by atoms with Crippen molar-refractivity contribution in [2.24, 2.45) is 0 Å². The molecule has 0 spiro atoms. The number of aromatic nitrogens is 4. The van der Waals surface area contributed by atoms with Crippen molar-refractivity contribution in [3.8, 4) is 5.75 Å². The average molecular weight is 614 g/mol. The van der Waals surface area contributed by atoms with Crippen LogP contribution < -0.4 is 9.64 Å². The van der Waals surface area contributed by atoms with Gasteiger partial charge < -0.3 is 9.84 Å². The van der Waals surface area contributed by atoms with Crippen LogP contribution in [0.5, 0.6) is 5.75 Å². The van der Waals surface area contributed by atoms with Gasteiger partial charge in [-0.25, -0.2) is 9.37 Å². The Morgan fingerprint density at radius 2 is 1.95 bits per heavy atom. The van der Waals surface area contributed by atoms with Crippen LogP contribution in [0.2, 0.25) is 0 Å². The number of ketones is 1. The molecule has 2 aromatic carbocycles. The van der Waals surface area contributed by atoms with Gasteiger partial charge in [0.25, 0.3) is 5.78 Å². The Bertz CT molecular complexity index is 1900. The fraction of sp³-hybridized carbons (Fsp3) is 0.129. The lowest BCUT2D eigenvalue weighted by molar-refractivity contribution is -0.132. The summed E-state index contributed by atoms with van der Waals surface area (Å²) in [4.78, 5) is 33.1. The molecule has 12 heteroatoms. The molecule has 0 bridgehead atoms. The first kappa shape index (κ1) is 28.3. The van der Waals surface area contributed by atoms with Gasteiger partial charge in [-0.3, -0.25) is 18.9 Å². The molecule has 1 amide bonds. The van der Waals surface area contributed by atoms with Crippen molar-refractivity contribution in [3.05, 3.63) is 119 Å². The molecular weight excluding hydrogens is 590 g/mol. The summed E-state index contributed by atoms with van der Waals surface area (Å²) < 4.78 is 21.3. The summed E-state index contributed by atoms with van der Waals surface area (Å²) in [7, 11) is 0. The number of benzene rings is 2. The van der Waals surface area contributed by atoms with E-state index in [0.717, 1.165) is 16.9 Å². The third-order valence-electron chi connectivity index (χ3n) is 6.79. The largest absolute Gasteiger partial charge is 0.505 e. The van der Waals surface area contributed by atoms with Crippen molar-refractivity contribution in [1.82, 2.24) is 19.6 Å². The predicted molar refractivity (Wildman–Crippen MR) is 163 cm³/mol. The number of hydrogen-bond donors (Lipinski definition) is 1. The Labute approximate surface area is 254 Å². The number of aryl methyl sites for hydroxylation is 1. The van der Waals surface area contributed by atoms with Gasteiger partial charge in [0.2, 0.25) is 5.13 Å². The van der Waals surface area contributed by atoms with E-state index in [1.165, 1.54) is 28.8 Å². The van der Waals surface area contributed by atoms with E-state index in [4.69, 9.17) is 4.74 Å². The minimum absolute atomic E-state index is 0.102. The van der Waals surface area contributed by atoms with Gasteiger partial charge in [-0.15, -0.1) is 10.2 Å². The molecule has 0 radical (unpaired) electrons. The molecule has 43 heavy (non-hydrogen) atoms. The van der Waals surface area contributed by atoms with Crippen LogP contribution in [-0.2, 0) is 15.3 Å². The van der Waals surface area contributed by atoms with Crippen molar-refractivity contribution in [2.45, 2.75) is 23.1 Å². The molecule has 1 atom stereocenters. The van der Waals surface area contributed by atoms with Crippen molar-refractivity contribution in [3.63, 3.8) is 0 Å². The number of aliphatic hydroxyl groups excluding tert-OH is 1. The van der Waals surface area contributed by atoms with Crippen LogP contribution in [0, 0.1) is 12.7 Å². The van der Waals surface area contributed by atoms with E-state index >= 15 is 0 Å². The van der Waals surface area contributed by atoms with Gasteiger partial charge in [0.1, 0.15) is 29.5 Å². The lowest BCUT2D eigenvalue weighted by Gasteiger charge is -2.23. The zero-order chi connectivity index (χ0) is 30.1. The first-order chi connectivity index (χ1) is 20.9. The third kappa shape index (κ3) is 5.42. The standard InChI is InChI=1S/C31H24FN5O4S2/c1-3-15-41-22-8-6-7-20(16-22)26-24(27(38)25-18(2)33-23-9-4-5-14-36(23)25)28(39)29(40)37(26)30-34-35-31(43-30)42-17-19-10-12-21(32)13-11-19/h3-14,16,26,38H,1,15,17H2,2H3. The zero-order valence-electron chi connectivity index (χ0n) is 22.8. The van der Waals surface area contributed by atoms with Crippen LogP contribution in [-0.4, -0.2) is 43.0 Å². The highest BCUT2D eigenvalue weighted by Crippen LogP contribution is 2.45. The van der Waals surface area contributed by atoms with Crippen LogP contribution in [0.25, 0.3) is 11.4 Å². The number of imidazole rings is 1. The molecule has 1 saturated heterocycles. The zero-order valence-corrected chi connectivity index (χ0v) is 24.4. The number of amides is 1. The number of carbonyl (C=O) groups is 2. The number of hydrogen-bond acceptors (Lipinski definition) is 9. The maximum Gasteiger partial charge on any atom is 0.301 e. The second-order valence-corrected chi connectivity index (χ2v) is 11.8. The minimum Gasteiger partial charge on any atom is -0.505 e. The second-order valence-electron chi connectivity index (χ2n) is 9.58. The normalized spacial score (nSPS) is 16.2. The number of fused-ring (bicyclic) bond motifs is 1. The summed E-state index contributed by atoms with van der Waals surface area (Å²) in [5, 5.41) is 20.4. The van der Waals surface area contributed by atoms with Gasteiger partial charge in [0.05, 0.1) is 17.3 Å². The van der Waals surface area contributed by atoms with Crippen LogP contribution >= 0.6 is 23.1 Å². The number of carbonyl (C=O) groups excluding carboxylic acids is 2. The Morgan fingerprint density at radius 3 is 2.74 bits per heavy atom. The van der Waals surface area contributed by atoms with E-state index < -0.39 is 17.7 Å². The Morgan fingerprint density at radius 1 is 1.14 bits per heavy atom. The molecule has 5 aromatic rings. The monoisotopic (exact) mass is 613 g/mol. The molecular formula is C31H24FN5O4S2. The molecule has 0 saturated carbocycles. The van der Waals surface area contributed by atoms with E-state index in [2.05, 4.69) is 21.8 Å². The van der Waals surface area contributed by atoms with Gasteiger partial charge in [0.15, 0.2) is 10.1 Å². The van der Waals surface area contributed by atoms with E-state index in [0.29, 0.717) is 38.4 Å². The molecule has 1 fully saturated rings. The van der Waals surface area contributed by atoms with Gasteiger partial charge >= 0.3 is 5.91 Å². The van der Waals surface area contributed by atoms with Crippen LogP contribution in [0.4, 0.5) is 9.52 Å². The van der Waals surface area contributed by atoms with E-state index in [1.54, 1.807) is 72.1 Å². The first-order valence-electron chi connectivity index (χ1n) is 13.1. The molecule has 6 rings (SSSR count). The fourth-order valence-corrected chi connectivity index (χ4v) is 6.71. The highest BCUT2D eigenvalue weighted by Gasteiger charge is 2.49. The van der Waals surface area contributed by atoms with Gasteiger partial charge in [0, 0.05) is 11.9 Å². The van der Waals surface area contributed by atoms with Crippen LogP contribution in [0.15, 0.2) is 95.5 Å². The van der Waals surface area contributed by atoms with Crippen LogP contribution in [0.1, 0.15) is 28.6 Å². The van der Waals surface area contributed by atoms with Crippen molar-refractivity contribution < 1.29 is 23.8 Å². The molecule has 1 unspecified atom stereocenters. The minimum atomic E-state index is -1.02. The van der Waals surface area contributed by atoms with Crippen molar-refractivity contribution >= 4 is 51.3 Å². The van der Waals surface area contributed by atoms with E-state index in [1.807, 2.05) is 6.07 Å². The summed E-state index contributed by atoms with van der Waals surface area (Å²) in [6.07, 6.45) is 3.34. The molecule has 0 aliphatic carbocycles. The number of rotatable bonds is 9. The van der Waals surface area contributed by atoms with Crippen molar-refractivity contribution in [1.29, 1.82) is 0 Å². The topological polar surface area (TPSA) is 110 Å². The number of aliphatic hydroxyl groups is 1. The SMILES string of the molecule is C=CCOc1cccc(C2C(=C(O)c3c(C)nc4ccccn34)C(=O)C(=O)N2c2nnc(SCc3ccc(F)cc3)s2)c1. The first-order valence-corrected chi connectivity index (χ1v) is 15.0. The number of anilines is 1. The Hall–Kier alpha value is -4.81. The molecule has 1 aliphatic heterocycles. The quantitative estimate of drug-likeness (QED) is 0.0529. The molecule has 216 valence electrons. The molecule has 9 nitrogen and oxygen atoms in total. The lowest BCUT2D eigenvalue weighted by Crippen LogP contribution is -2.29. The maximum absolute atomic E-state index is 13.7. The van der Waals surface area contributed by atoms with Gasteiger partial charge in [-0.05, 0) is 54.4 Å². The summed E-state index contributed by atoms with van der Waals surface area (Å²) >= 11 is 2.52. The summed E-state index contributed by atoms with van der Waals surface area (Å²) in [6, 6.07) is 17.5. The molecule has 3 aromatic heterocycles. The lowest BCUT2D eigenvalue weighted by atomic mass is 9.96. The number of halogens is 1.